The maximum Gasteiger partial charge on any atom is 0.251 e. The highest BCUT2D eigenvalue weighted by atomic mass is 32.2. The van der Waals surface area contributed by atoms with Crippen molar-refractivity contribution >= 4 is 32.6 Å². The maximum absolute atomic E-state index is 12.7. The van der Waals surface area contributed by atoms with Crippen LogP contribution in [0.5, 0.6) is 0 Å². The van der Waals surface area contributed by atoms with E-state index in [0.29, 0.717) is 13.1 Å². The van der Waals surface area contributed by atoms with Crippen LogP contribution < -0.4 is 10.6 Å². The third-order valence-electron chi connectivity index (χ3n) is 5.52. The van der Waals surface area contributed by atoms with Crippen molar-refractivity contribution in [2.24, 2.45) is 0 Å². The van der Waals surface area contributed by atoms with Crippen molar-refractivity contribution in [2.75, 3.05) is 19.6 Å². The topological polar surface area (TPSA) is 95.6 Å². The molecule has 33 heavy (non-hydrogen) atoms. The summed E-state index contributed by atoms with van der Waals surface area (Å²) >= 11 is 0. The van der Waals surface area contributed by atoms with E-state index in [-0.39, 0.29) is 29.0 Å². The van der Waals surface area contributed by atoms with Gasteiger partial charge < -0.3 is 10.6 Å². The Labute approximate surface area is 194 Å². The molecule has 0 heterocycles. The molecule has 0 saturated heterocycles. The summed E-state index contributed by atoms with van der Waals surface area (Å²) in [5.74, 6) is -0.852. The molecule has 0 fully saturated rings. The van der Waals surface area contributed by atoms with Crippen molar-refractivity contribution in [1.29, 1.82) is 0 Å². The number of amides is 2. The van der Waals surface area contributed by atoms with E-state index >= 15 is 0 Å². The zero-order valence-corrected chi connectivity index (χ0v) is 19.9. The number of carbonyl (C=O) groups excluding carboxylic acids is 2. The summed E-state index contributed by atoms with van der Waals surface area (Å²) in [5, 5.41) is 7.62. The van der Waals surface area contributed by atoms with Crippen LogP contribution in [0.4, 0.5) is 0 Å². The Hall–Kier alpha value is -3.23. The number of hydrogen-bond acceptors (Lipinski definition) is 4. The summed E-state index contributed by atoms with van der Waals surface area (Å²) in [7, 11) is -3.68. The van der Waals surface area contributed by atoms with Crippen LogP contribution in [0.1, 0.15) is 42.7 Å². The summed E-state index contributed by atoms with van der Waals surface area (Å²) < 4.78 is 26.8. The lowest BCUT2D eigenvalue weighted by Crippen LogP contribution is -2.38. The van der Waals surface area contributed by atoms with Gasteiger partial charge >= 0.3 is 0 Å². The minimum absolute atomic E-state index is 0.0490. The molecular weight excluding hydrogens is 438 g/mol. The van der Waals surface area contributed by atoms with E-state index < -0.39 is 15.9 Å². The van der Waals surface area contributed by atoms with Crippen molar-refractivity contribution in [3.8, 4) is 0 Å². The minimum atomic E-state index is -3.68. The van der Waals surface area contributed by atoms with Gasteiger partial charge in [-0.15, -0.1) is 0 Å². The van der Waals surface area contributed by atoms with Gasteiger partial charge in [-0.1, -0.05) is 62.4 Å². The van der Waals surface area contributed by atoms with Gasteiger partial charge in [0, 0.05) is 18.7 Å². The lowest BCUT2D eigenvalue weighted by molar-refractivity contribution is -0.120. The number of carbonyl (C=O) groups is 2. The number of sulfonamides is 1. The Morgan fingerprint density at radius 2 is 1.61 bits per heavy atom. The first-order chi connectivity index (χ1) is 15.8. The third kappa shape index (κ3) is 5.58. The molecule has 0 radical (unpaired) electrons. The van der Waals surface area contributed by atoms with Gasteiger partial charge in [0.05, 0.1) is 17.5 Å². The Kier molecular flexibility index (Phi) is 7.84. The fourth-order valence-electron chi connectivity index (χ4n) is 3.77. The van der Waals surface area contributed by atoms with Gasteiger partial charge in [-0.2, -0.15) is 4.31 Å². The highest BCUT2D eigenvalue weighted by Crippen LogP contribution is 2.24. The number of benzene rings is 3. The summed E-state index contributed by atoms with van der Waals surface area (Å²) in [4.78, 5) is 25.1. The minimum Gasteiger partial charge on any atom is -0.348 e. The largest absolute Gasteiger partial charge is 0.348 e. The van der Waals surface area contributed by atoms with Crippen molar-refractivity contribution in [3.63, 3.8) is 0 Å². The van der Waals surface area contributed by atoms with E-state index in [9.17, 15) is 18.0 Å². The highest BCUT2D eigenvalue weighted by Gasteiger charge is 2.22. The molecule has 3 aromatic carbocycles. The smallest absolute Gasteiger partial charge is 0.251 e. The average molecular weight is 468 g/mol. The van der Waals surface area contributed by atoms with Gasteiger partial charge in [-0.3, -0.25) is 9.59 Å². The van der Waals surface area contributed by atoms with Crippen LogP contribution in [0, 0.1) is 0 Å². The lowest BCUT2D eigenvalue weighted by atomic mass is 10.00. The van der Waals surface area contributed by atoms with Gasteiger partial charge in [-0.05, 0) is 41.5 Å². The van der Waals surface area contributed by atoms with Gasteiger partial charge in [-0.25, -0.2) is 8.42 Å². The molecule has 0 aliphatic rings. The van der Waals surface area contributed by atoms with E-state index in [1.165, 1.54) is 28.6 Å². The van der Waals surface area contributed by atoms with Crippen molar-refractivity contribution in [2.45, 2.75) is 31.7 Å². The summed E-state index contributed by atoms with van der Waals surface area (Å²) in [5.41, 5.74) is 1.17. The van der Waals surface area contributed by atoms with E-state index in [2.05, 4.69) is 10.6 Å². The molecule has 0 spiro atoms. The van der Waals surface area contributed by atoms with Crippen LogP contribution in [0.15, 0.2) is 71.6 Å². The number of nitrogens with one attached hydrogen (secondary N) is 2. The monoisotopic (exact) mass is 467 g/mol. The van der Waals surface area contributed by atoms with Crippen LogP contribution in [0.3, 0.4) is 0 Å². The molecule has 0 aliphatic carbocycles. The first-order valence-electron chi connectivity index (χ1n) is 10.9. The summed E-state index contributed by atoms with van der Waals surface area (Å²) in [6, 6.07) is 19.5. The number of fused-ring (bicyclic) bond motifs is 1. The van der Waals surface area contributed by atoms with Crippen LogP contribution >= 0.6 is 0 Å². The quantitative estimate of drug-likeness (QED) is 0.504. The molecule has 174 valence electrons. The lowest BCUT2D eigenvalue weighted by Gasteiger charge is -2.19. The Balaban J connectivity index is 1.64. The molecule has 7 nitrogen and oxygen atoms in total. The highest BCUT2D eigenvalue weighted by molar-refractivity contribution is 7.89. The Morgan fingerprint density at radius 1 is 0.939 bits per heavy atom. The molecule has 1 atom stereocenters. The molecule has 0 aromatic heterocycles. The average Bonchev–Trinajstić information content (AvgIpc) is 2.82. The SMILES string of the molecule is CCN(CC)S(=O)(=O)c1cccc(C(=O)NCC(=O)NC(C)c2cccc3ccccc23)c1. The van der Waals surface area contributed by atoms with E-state index in [4.69, 9.17) is 0 Å². The second kappa shape index (κ2) is 10.6. The molecule has 3 rings (SSSR count). The molecule has 0 saturated carbocycles. The Bertz CT molecular complexity index is 1250. The molecule has 0 aliphatic heterocycles. The predicted molar refractivity (Wildman–Crippen MR) is 129 cm³/mol. The maximum atomic E-state index is 12.7. The number of hydrogen-bond donors (Lipinski definition) is 2. The second-order valence-corrected chi connectivity index (χ2v) is 9.60. The van der Waals surface area contributed by atoms with Gasteiger partial charge in [0.2, 0.25) is 15.9 Å². The van der Waals surface area contributed by atoms with E-state index in [0.717, 1.165) is 16.3 Å². The second-order valence-electron chi connectivity index (χ2n) is 7.66. The van der Waals surface area contributed by atoms with Gasteiger partial charge in [0.15, 0.2) is 0 Å². The molecule has 2 N–H and O–H groups in total. The Morgan fingerprint density at radius 3 is 2.33 bits per heavy atom. The van der Waals surface area contributed by atoms with Crippen molar-refractivity contribution < 1.29 is 18.0 Å². The first kappa shape index (κ1) is 24.4. The molecule has 3 aromatic rings. The van der Waals surface area contributed by atoms with Crippen LogP contribution in [-0.4, -0.2) is 44.2 Å². The van der Waals surface area contributed by atoms with Crippen molar-refractivity contribution in [3.05, 3.63) is 77.9 Å². The van der Waals surface area contributed by atoms with E-state index in [1.54, 1.807) is 13.8 Å². The summed E-state index contributed by atoms with van der Waals surface area (Å²) in [6.45, 7) is 5.86. The molecular formula is C25H29N3O4S. The number of rotatable bonds is 9. The first-order valence-corrected chi connectivity index (χ1v) is 12.4. The third-order valence-corrected chi connectivity index (χ3v) is 7.56. The van der Waals surface area contributed by atoms with Gasteiger partial charge in [0.1, 0.15) is 0 Å². The van der Waals surface area contributed by atoms with E-state index in [1.807, 2.05) is 49.4 Å². The zero-order chi connectivity index (χ0) is 24.0. The standard InChI is InChI=1S/C25H29N3O4S/c1-4-28(5-2)33(31,32)21-13-8-12-20(16-21)25(30)26-17-24(29)27-18(3)22-15-9-11-19-10-6-7-14-23(19)22/h6-16,18H,4-5,17H2,1-3H3,(H,26,30)(H,27,29). The predicted octanol–water partition coefficient (Wildman–Crippen LogP) is 3.48. The molecule has 8 heteroatoms. The fourth-order valence-corrected chi connectivity index (χ4v) is 5.28. The number of nitrogens with zero attached hydrogens (tertiary/aromatic N) is 1. The van der Waals surface area contributed by atoms with Gasteiger partial charge in [0.25, 0.3) is 5.91 Å². The normalized spacial score (nSPS) is 12.5. The molecule has 0 bridgehead atoms. The molecule has 2 amide bonds. The zero-order valence-electron chi connectivity index (χ0n) is 19.0. The summed E-state index contributed by atoms with van der Waals surface area (Å²) in [6.07, 6.45) is 0. The van der Waals surface area contributed by atoms with Crippen LogP contribution in [0.25, 0.3) is 10.8 Å². The van der Waals surface area contributed by atoms with Crippen LogP contribution in [0.2, 0.25) is 0 Å². The molecule has 1 unspecified atom stereocenters. The van der Waals surface area contributed by atoms with Crippen molar-refractivity contribution in [1.82, 2.24) is 14.9 Å². The van der Waals surface area contributed by atoms with Crippen LogP contribution in [-0.2, 0) is 14.8 Å². The fraction of sp³-hybridized carbons (Fsp3) is 0.280.